The fourth-order valence-electron chi connectivity index (χ4n) is 4.20. The van der Waals surface area contributed by atoms with E-state index < -0.39 is 31.7 Å². The predicted octanol–water partition coefficient (Wildman–Crippen LogP) is 4.46. The maximum atomic E-state index is 12.9. The third kappa shape index (κ3) is 3.44. The lowest BCUT2D eigenvalue weighted by Gasteiger charge is -2.28. The summed E-state index contributed by atoms with van der Waals surface area (Å²) in [5, 5.41) is -0.511. The minimum atomic E-state index is -4.70. The Balaban J connectivity index is 1.80. The van der Waals surface area contributed by atoms with Crippen molar-refractivity contribution in [2.75, 3.05) is 0 Å². The van der Waals surface area contributed by atoms with Crippen molar-refractivity contribution >= 4 is 21.6 Å². The summed E-state index contributed by atoms with van der Waals surface area (Å²) in [7, 11) is -4.02. The second-order valence-electron chi connectivity index (χ2n) is 6.89. The molecule has 3 nitrogen and oxygen atoms in total. The third-order valence-corrected chi connectivity index (χ3v) is 7.22. The first-order valence-corrected chi connectivity index (χ1v) is 9.83. The van der Waals surface area contributed by atoms with Gasteiger partial charge < -0.3 is 0 Å². The first-order chi connectivity index (χ1) is 11.1. The van der Waals surface area contributed by atoms with Gasteiger partial charge in [0.05, 0.1) is 15.5 Å². The van der Waals surface area contributed by atoms with E-state index in [0.29, 0.717) is 17.9 Å². The average molecular weight is 382 g/mol. The fraction of sp³-hybridized carbons (Fsp3) is 0.625. The van der Waals surface area contributed by atoms with Gasteiger partial charge in [0, 0.05) is 6.04 Å². The van der Waals surface area contributed by atoms with Crippen molar-refractivity contribution < 1.29 is 21.6 Å². The molecule has 0 saturated heterocycles. The van der Waals surface area contributed by atoms with Crippen molar-refractivity contribution in [1.82, 2.24) is 4.72 Å². The van der Waals surface area contributed by atoms with Crippen molar-refractivity contribution in [1.29, 1.82) is 0 Å². The van der Waals surface area contributed by atoms with Crippen LogP contribution in [0, 0.1) is 17.8 Å². The zero-order chi connectivity index (χ0) is 17.7. The van der Waals surface area contributed by atoms with Gasteiger partial charge >= 0.3 is 6.18 Å². The van der Waals surface area contributed by atoms with E-state index in [-0.39, 0.29) is 12.0 Å². The molecule has 2 fully saturated rings. The molecule has 2 saturated carbocycles. The lowest BCUT2D eigenvalue weighted by Crippen LogP contribution is -2.40. The van der Waals surface area contributed by atoms with E-state index in [9.17, 15) is 21.6 Å². The summed E-state index contributed by atoms with van der Waals surface area (Å²) in [6.45, 7) is 1.80. The number of alkyl halides is 3. The highest BCUT2D eigenvalue weighted by Crippen LogP contribution is 2.49. The Labute approximate surface area is 144 Å². The maximum absolute atomic E-state index is 12.9. The van der Waals surface area contributed by atoms with Gasteiger partial charge in [-0.15, -0.1) is 0 Å². The molecule has 2 aliphatic rings. The Hall–Kier alpha value is -0.790. The lowest BCUT2D eigenvalue weighted by atomic mass is 9.84. The van der Waals surface area contributed by atoms with Gasteiger partial charge in [-0.2, -0.15) is 13.2 Å². The highest BCUT2D eigenvalue weighted by atomic mass is 35.5. The van der Waals surface area contributed by atoms with Gasteiger partial charge in [-0.1, -0.05) is 18.0 Å². The Kier molecular flexibility index (Phi) is 4.64. The van der Waals surface area contributed by atoms with E-state index in [1.165, 1.54) is 6.42 Å². The second kappa shape index (κ2) is 6.18. The first-order valence-electron chi connectivity index (χ1n) is 7.97. The zero-order valence-corrected chi connectivity index (χ0v) is 14.7. The van der Waals surface area contributed by atoms with Gasteiger partial charge in [-0.25, -0.2) is 13.1 Å². The molecule has 1 aromatic rings. The molecule has 0 spiro atoms. The summed E-state index contributed by atoms with van der Waals surface area (Å²) in [6, 6.07) is 2.38. The number of fused-ring (bicyclic) bond motifs is 2. The van der Waals surface area contributed by atoms with E-state index in [0.717, 1.165) is 31.4 Å². The Morgan fingerprint density at radius 1 is 1.25 bits per heavy atom. The standard InChI is InChI=1S/C16H19ClF3NO2S/c1-9(13-7-10-2-3-11(13)6-10)21-24(22,23)12-4-5-15(17)14(8-12)16(18,19)20/h4-5,8-11,13,21H,2-3,6-7H2,1H3/t9-,10-,11-,13+/m0/s1. The molecule has 0 amide bonds. The van der Waals surface area contributed by atoms with Crippen molar-refractivity contribution in [2.24, 2.45) is 17.8 Å². The van der Waals surface area contributed by atoms with Crippen molar-refractivity contribution in [2.45, 2.75) is 49.7 Å². The van der Waals surface area contributed by atoms with Crippen LogP contribution in [0.1, 0.15) is 38.2 Å². The number of sulfonamides is 1. The SMILES string of the molecule is C[C@H](NS(=O)(=O)c1ccc(Cl)c(C(F)(F)F)c1)[C@H]1C[C@H]2CC[C@H]1C2. The quantitative estimate of drug-likeness (QED) is 0.836. The lowest BCUT2D eigenvalue weighted by molar-refractivity contribution is -0.137. The number of rotatable bonds is 4. The Bertz CT molecular complexity index is 735. The van der Waals surface area contributed by atoms with Gasteiger partial charge in [-0.05, 0) is 62.1 Å². The van der Waals surface area contributed by atoms with Crippen molar-refractivity contribution in [3.63, 3.8) is 0 Å². The van der Waals surface area contributed by atoms with E-state index in [1.54, 1.807) is 6.92 Å². The first kappa shape index (κ1) is 18.0. The molecule has 1 aromatic carbocycles. The largest absolute Gasteiger partial charge is 0.417 e. The molecule has 2 bridgehead atoms. The van der Waals surface area contributed by atoms with Crippen LogP contribution in [0.2, 0.25) is 5.02 Å². The summed E-state index contributed by atoms with van der Waals surface area (Å²) < 4.78 is 66.3. The summed E-state index contributed by atoms with van der Waals surface area (Å²) in [5.41, 5.74) is -1.14. The average Bonchev–Trinajstić information content (AvgIpc) is 3.08. The van der Waals surface area contributed by atoms with Gasteiger partial charge in [0.15, 0.2) is 0 Å². The molecule has 0 radical (unpaired) electrons. The minimum absolute atomic E-state index is 0.257. The van der Waals surface area contributed by atoms with Gasteiger partial charge in [0.2, 0.25) is 10.0 Å². The highest BCUT2D eigenvalue weighted by molar-refractivity contribution is 7.89. The summed E-state index contributed by atoms with van der Waals surface area (Å²) in [6.07, 6.45) is -0.259. The molecule has 2 aliphatic carbocycles. The van der Waals surface area contributed by atoms with E-state index >= 15 is 0 Å². The second-order valence-corrected chi connectivity index (χ2v) is 9.01. The third-order valence-electron chi connectivity index (χ3n) is 5.33. The molecule has 0 heterocycles. The molecule has 24 heavy (non-hydrogen) atoms. The molecular formula is C16H19ClF3NO2S. The van der Waals surface area contributed by atoms with Gasteiger partial charge in [-0.3, -0.25) is 0 Å². The van der Waals surface area contributed by atoms with E-state index in [1.807, 2.05) is 0 Å². The van der Waals surface area contributed by atoms with E-state index in [4.69, 9.17) is 11.6 Å². The van der Waals surface area contributed by atoms with Crippen molar-refractivity contribution in [3.8, 4) is 0 Å². The number of hydrogen-bond acceptors (Lipinski definition) is 2. The Morgan fingerprint density at radius 3 is 2.50 bits per heavy atom. The van der Waals surface area contributed by atoms with Crippen LogP contribution in [-0.2, 0) is 16.2 Å². The van der Waals surface area contributed by atoms with Crippen LogP contribution in [0.3, 0.4) is 0 Å². The molecule has 134 valence electrons. The number of benzene rings is 1. The van der Waals surface area contributed by atoms with Crippen molar-refractivity contribution in [3.05, 3.63) is 28.8 Å². The summed E-state index contributed by atoms with van der Waals surface area (Å²) in [4.78, 5) is -0.408. The van der Waals surface area contributed by atoms with Crippen LogP contribution in [-0.4, -0.2) is 14.5 Å². The smallest absolute Gasteiger partial charge is 0.208 e. The molecule has 1 N–H and O–H groups in total. The molecule has 3 rings (SSSR count). The molecule has 4 atom stereocenters. The van der Waals surface area contributed by atoms with Crippen LogP contribution in [0.15, 0.2) is 23.1 Å². The van der Waals surface area contributed by atoms with Crippen LogP contribution in [0.25, 0.3) is 0 Å². The normalized spacial score (nSPS) is 28.3. The summed E-state index contributed by atoms with van der Waals surface area (Å²) in [5.74, 6) is 1.44. The Morgan fingerprint density at radius 2 is 1.96 bits per heavy atom. The molecule has 8 heteroatoms. The molecular weight excluding hydrogens is 363 g/mol. The number of nitrogens with one attached hydrogen (secondary N) is 1. The number of hydrogen-bond donors (Lipinski definition) is 1. The van der Waals surface area contributed by atoms with Crippen LogP contribution in [0.5, 0.6) is 0 Å². The highest BCUT2D eigenvalue weighted by Gasteiger charge is 2.43. The maximum Gasteiger partial charge on any atom is 0.417 e. The van der Waals surface area contributed by atoms with Crippen LogP contribution >= 0.6 is 11.6 Å². The topological polar surface area (TPSA) is 46.2 Å². The van der Waals surface area contributed by atoms with Crippen LogP contribution in [0.4, 0.5) is 13.2 Å². The summed E-state index contributed by atoms with van der Waals surface area (Å²) >= 11 is 5.55. The molecule has 0 aromatic heterocycles. The van der Waals surface area contributed by atoms with Crippen LogP contribution < -0.4 is 4.72 Å². The molecule has 0 unspecified atom stereocenters. The predicted molar refractivity (Wildman–Crippen MR) is 85.2 cm³/mol. The van der Waals surface area contributed by atoms with Gasteiger partial charge in [0.25, 0.3) is 0 Å². The molecule has 0 aliphatic heterocycles. The van der Waals surface area contributed by atoms with Gasteiger partial charge in [0.1, 0.15) is 0 Å². The monoisotopic (exact) mass is 381 g/mol. The fourth-order valence-corrected chi connectivity index (χ4v) is 5.74. The van der Waals surface area contributed by atoms with E-state index in [2.05, 4.69) is 4.72 Å². The number of halogens is 4. The zero-order valence-electron chi connectivity index (χ0n) is 13.1. The minimum Gasteiger partial charge on any atom is -0.208 e.